The van der Waals surface area contributed by atoms with Gasteiger partial charge in [0.1, 0.15) is 5.76 Å². The fourth-order valence-electron chi connectivity index (χ4n) is 2.90. The molecule has 0 spiro atoms. The lowest BCUT2D eigenvalue weighted by atomic mass is 9.93. The summed E-state index contributed by atoms with van der Waals surface area (Å²) < 4.78 is 65.6. The van der Waals surface area contributed by atoms with Crippen molar-refractivity contribution in [1.82, 2.24) is 0 Å². The summed E-state index contributed by atoms with van der Waals surface area (Å²) in [5, 5.41) is 0. The molecule has 1 aliphatic rings. The van der Waals surface area contributed by atoms with Crippen LogP contribution in [0.1, 0.15) is 16.7 Å². The Morgan fingerprint density at radius 2 is 1.50 bits per heavy atom. The quantitative estimate of drug-likeness (QED) is 0.478. The Balaban J connectivity index is 1.81. The highest BCUT2D eigenvalue weighted by atomic mass is 19.2. The molecule has 2 aromatic carbocycles. The number of rotatable bonds is 5. The van der Waals surface area contributed by atoms with Gasteiger partial charge in [-0.2, -0.15) is 4.39 Å². The molecule has 0 aromatic heterocycles. The van der Waals surface area contributed by atoms with Crippen LogP contribution in [0.15, 0.2) is 54.3 Å². The first-order valence-electron chi connectivity index (χ1n) is 8.50. The van der Waals surface area contributed by atoms with E-state index in [1.807, 2.05) is 0 Å². The minimum Gasteiger partial charge on any atom is -0.498 e. The Morgan fingerprint density at radius 1 is 0.786 bits per heavy atom. The van der Waals surface area contributed by atoms with E-state index in [1.54, 1.807) is 30.3 Å². The fraction of sp³-hybridized carbons (Fsp3) is 0.182. The van der Waals surface area contributed by atoms with Crippen molar-refractivity contribution in [3.05, 3.63) is 82.6 Å². The van der Waals surface area contributed by atoms with Crippen LogP contribution >= 0.6 is 0 Å². The number of hydrogen-bond donors (Lipinski definition) is 0. The van der Waals surface area contributed by atoms with Crippen molar-refractivity contribution in [3.63, 3.8) is 0 Å². The third kappa shape index (κ3) is 3.81. The number of ether oxygens (including phenoxy) is 2. The van der Waals surface area contributed by atoms with Crippen molar-refractivity contribution in [1.29, 1.82) is 0 Å². The van der Waals surface area contributed by atoms with Gasteiger partial charge in [0.15, 0.2) is 23.9 Å². The van der Waals surface area contributed by atoms with Gasteiger partial charge in [-0.05, 0) is 34.9 Å². The molecule has 0 heterocycles. The van der Waals surface area contributed by atoms with Gasteiger partial charge in [0.05, 0.1) is 14.2 Å². The molecule has 0 saturated heterocycles. The number of alkyl halides is 2. The Kier molecular flexibility index (Phi) is 5.87. The van der Waals surface area contributed by atoms with E-state index in [1.165, 1.54) is 44.6 Å². The minimum absolute atomic E-state index is 0.0513. The monoisotopic (exact) mass is 390 g/mol. The largest absolute Gasteiger partial charge is 0.498 e. The highest BCUT2D eigenvalue weighted by Crippen LogP contribution is 2.32. The summed E-state index contributed by atoms with van der Waals surface area (Å²) >= 11 is 0. The van der Waals surface area contributed by atoms with E-state index >= 15 is 0 Å². The Labute approximate surface area is 160 Å². The third-order valence-corrected chi connectivity index (χ3v) is 4.48. The van der Waals surface area contributed by atoms with Gasteiger partial charge in [0, 0.05) is 5.56 Å². The van der Waals surface area contributed by atoms with Gasteiger partial charge in [-0.1, -0.05) is 42.5 Å². The molecule has 28 heavy (non-hydrogen) atoms. The molecular formula is C22H18F4O2. The van der Waals surface area contributed by atoms with Gasteiger partial charge < -0.3 is 9.47 Å². The molecule has 3 rings (SSSR count). The molecule has 0 saturated carbocycles. The zero-order valence-electron chi connectivity index (χ0n) is 15.3. The van der Waals surface area contributed by atoms with Gasteiger partial charge >= 0.3 is 0 Å². The second-order valence-corrected chi connectivity index (χ2v) is 6.14. The molecule has 1 aliphatic carbocycles. The predicted octanol–water partition coefficient (Wildman–Crippen LogP) is 5.75. The topological polar surface area (TPSA) is 18.5 Å². The molecule has 0 bridgehead atoms. The molecule has 0 fully saturated rings. The lowest BCUT2D eigenvalue weighted by molar-refractivity contribution is 0.152. The molecule has 0 aliphatic heterocycles. The Bertz CT molecular complexity index is 946. The molecule has 0 radical (unpaired) electrons. The van der Waals surface area contributed by atoms with Crippen LogP contribution in [-0.2, 0) is 4.74 Å². The first-order chi connectivity index (χ1) is 13.5. The normalized spacial score (nSPS) is 19.4. The molecule has 2 atom stereocenters. The van der Waals surface area contributed by atoms with E-state index in [0.29, 0.717) is 11.1 Å². The average Bonchev–Trinajstić information content (AvgIpc) is 2.72. The average molecular weight is 390 g/mol. The lowest BCUT2D eigenvalue weighted by Crippen LogP contribution is -2.24. The second kappa shape index (κ2) is 8.33. The van der Waals surface area contributed by atoms with Crippen molar-refractivity contribution in [2.75, 3.05) is 14.2 Å². The predicted molar refractivity (Wildman–Crippen MR) is 101 cm³/mol. The number of methoxy groups -OCH3 is 2. The molecule has 0 N–H and O–H groups in total. The third-order valence-electron chi connectivity index (χ3n) is 4.48. The zero-order valence-corrected chi connectivity index (χ0v) is 15.3. The van der Waals surface area contributed by atoms with Crippen LogP contribution in [0, 0.1) is 11.6 Å². The van der Waals surface area contributed by atoms with Gasteiger partial charge in [0.25, 0.3) is 0 Å². The van der Waals surface area contributed by atoms with Crippen LogP contribution in [0.2, 0.25) is 0 Å². The van der Waals surface area contributed by atoms with Crippen molar-refractivity contribution < 1.29 is 27.0 Å². The number of halogens is 4. The zero-order chi connectivity index (χ0) is 20.3. The molecule has 146 valence electrons. The van der Waals surface area contributed by atoms with Crippen molar-refractivity contribution in [2.24, 2.45) is 0 Å². The Hall–Kier alpha value is -3.02. The molecule has 0 amide bonds. The van der Waals surface area contributed by atoms with Crippen molar-refractivity contribution in [2.45, 2.75) is 12.3 Å². The highest BCUT2D eigenvalue weighted by molar-refractivity contribution is 5.75. The summed E-state index contributed by atoms with van der Waals surface area (Å²) in [4.78, 5) is 0. The summed E-state index contributed by atoms with van der Waals surface area (Å²) in [6.45, 7) is 0. The van der Waals surface area contributed by atoms with E-state index in [2.05, 4.69) is 0 Å². The van der Waals surface area contributed by atoms with Gasteiger partial charge in [-0.3, -0.25) is 0 Å². The van der Waals surface area contributed by atoms with Crippen LogP contribution in [0.5, 0.6) is 5.75 Å². The minimum atomic E-state index is -1.85. The molecular weight excluding hydrogens is 372 g/mol. The summed E-state index contributed by atoms with van der Waals surface area (Å²) in [6, 6.07) is 9.39. The van der Waals surface area contributed by atoms with E-state index in [0.717, 1.165) is 0 Å². The summed E-state index contributed by atoms with van der Waals surface area (Å²) in [7, 11) is 2.55. The highest BCUT2D eigenvalue weighted by Gasteiger charge is 2.32. The van der Waals surface area contributed by atoms with E-state index < -0.39 is 24.0 Å². The van der Waals surface area contributed by atoms with Crippen molar-refractivity contribution in [3.8, 4) is 5.75 Å². The molecule has 2 unspecified atom stereocenters. The van der Waals surface area contributed by atoms with Crippen LogP contribution < -0.4 is 4.74 Å². The summed E-state index contributed by atoms with van der Waals surface area (Å²) in [6.07, 6.45) is 2.24. The van der Waals surface area contributed by atoms with Crippen LogP contribution in [0.3, 0.4) is 0 Å². The molecule has 6 heteroatoms. The lowest BCUT2D eigenvalue weighted by Gasteiger charge is -2.22. The van der Waals surface area contributed by atoms with Gasteiger partial charge in [-0.15, -0.1) is 0 Å². The van der Waals surface area contributed by atoms with Crippen molar-refractivity contribution >= 4 is 17.7 Å². The second-order valence-electron chi connectivity index (χ2n) is 6.14. The maximum atomic E-state index is 14.3. The number of hydrogen-bond acceptors (Lipinski definition) is 2. The van der Waals surface area contributed by atoms with Crippen LogP contribution in [0.4, 0.5) is 17.6 Å². The maximum absolute atomic E-state index is 14.3. The van der Waals surface area contributed by atoms with E-state index in [9.17, 15) is 17.6 Å². The van der Waals surface area contributed by atoms with E-state index in [-0.39, 0.29) is 22.6 Å². The SMILES string of the molecule is COC1=CC=C(c2ccc(/C=C/c3ccc(OC)c(F)c3F)cc2)C(F)C1F. The van der Waals surface area contributed by atoms with Crippen LogP contribution in [0.25, 0.3) is 17.7 Å². The first kappa shape index (κ1) is 19.7. The molecule has 2 nitrogen and oxygen atoms in total. The van der Waals surface area contributed by atoms with Crippen LogP contribution in [-0.4, -0.2) is 26.6 Å². The number of benzene rings is 2. The first-order valence-corrected chi connectivity index (χ1v) is 8.50. The van der Waals surface area contributed by atoms with Gasteiger partial charge in [0.2, 0.25) is 5.82 Å². The molecule has 2 aromatic rings. The smallest absolute Gasteiger partial charge is 0.201 e. The van der Waals surface area contributed by atoms with E-state index in [4.69, 9.17) is 9.47 Å². The fourth-order valence-corrected chi connectivity index (χ4v) is 2.90. The summed E-state index contributed by atoms with van der Waals surface area (Å²) in [5.74, 6) is -2.28. The van der Waals surface area contributed by atoms with Gasteiger partial charge in [-0.25, -0.2) is 13.2 Å². The maximum Gasteiger partial charge on any atom is 0.201 e. The number of allylic oxidation sites excluding steroid dienone is 4. The Morgan fingerprint density at radius 3 is 2.14 bits per heavy atom. The standard InChI is InChI=1S/C22H18F4O2/c1-27-17-11-9-15(19(23)21(17)25)8-5-13-3-6-14(7-4-13)16-10-12-18(28-2)22(26)20(16)24/h3-12,20,22H,1-2H3/b8-5+. The summed E-state index contributed by atoms with van der Waals surface area (Å²) in [5.41, 5.74) is 1.50.